The van der Waals surface area contributed by atoms with Crippen molar-refractivity contribution in [2.24, 2.45) is 0 Å². The molecule has 1 saturated heterocycles. The monoisotopic (exact) mass is 288 g/mol. The Kier molecular flexibility index (Phi) is 7.24. The predicted octanol–water partition coefficient (Wildman–Crippen LogP) is 3.61. The molecule has 0 aromatic rings. The summed E-state index contributed by atoms with van der Waals surface area (Å²) in [5, 5.41) is 9.55. The first-order valence-electron chi connectivity index (χ1n) is 8.14. The van der Waals surface area contributed by atoms with E-state index in [9.17, 15) is 5.11 Å². The van der Waals surface area contributed by atoms with Gasteiger partial charge in [0.05, 0.1) is 6.61 Å². The highest BCUT2D eigenvalue weighted by Crippen LogP contribution is 2.31. The third-order valence-electron chi connectivity index (χ3n) is 4.09. The highest BCUT2D eigenvalue weighted by Gasteiger charge is 2.37. The first kappa shape index (κ1) is 16.2. The molecule has 1 saturated carbocycles. The van der Waals surface area contributed by atoms with Crippen LogP contribution in [0.4, 0.5) is 0 Å². The van der Waals surface area contributed by atoms with Crippen LogP contribution in [0.5, 0.6) is 0 Å². The maximum Gasteiger partial charge on any atom is 0.234 e. The van der Waals surface area contributed by atoms with Crippen molar-refractivity contribution in [3.8, 4) is 0 Å². The second kappa shape index (κ2) is 8.95. The summed E-state index contributed by atoms with van der Waals surface area (Å²) in [7, 11) is 0. The third kappa shape index (κ3) is 5.66. The highest BCUT2D eigenvalue weighted by molar-refractivity contribution is 4.69. The van der Waals surface area contributed by atoms with E-state index in [1.807, 2.05) is 0 Å². The van der Waals surface area contributed by atoms with E-state index in [2.05, 4.69) is 0 Å². The van der Waals surface area contributed by atoms with E-state index >= 15 is 0 Å². The van der Waals surface area contributed by atoms with Gasteiger partial charge in [-0.1, -0.05) is 44.9 Å². The summed E-state index contributed by atoms with van der Waals surface area (Å²) < 4.78 is 0. The molecular formula is C15H28O5. The number of hydrogen-bond acceptors (Lipinski definition) is 5. The van der Waals surface area contributed by atoms with Crippen LogP contribution >= 0.6 is 0 Å². The van der Waals surface area contributed by atoms with Crippen LogP contribution in [0.2, 0.25) is 0 Å². The van der Waals surface area contributed by atoms with Crippen LogP contribution in [-0.4, -0.2) is 23.8 Å². The molecule has 2 aliphatic rings. The van der Waals surface area contributed by atoms with Gasteiger partial charge in [0.2, 0.25) is 5.79 Å². The van der Waals surface area contributed by atoms with Gasteiger partial charge in [0.15, 0.2) is 6.29 Å². The van der Waals surface area contributed by atoms with Gasteiger partial charge >= 0.3 is 0 Å². The summed E-state index contributed by atoms with van der Waals surface area (Å²) in [6.45, 7) is 0.326. The summed E-state index contributed by atoms with van der Waals surface area (Å²) in [5.74, 6) is -0.847. The SMILES string of the molecule is OC1CCOOC2(CCCCCCCCCCC2)OO1. The van der Waals surface area contributed by atoms with E-state index in [0.717, 1.165) is 25.7 Å². The Morgan fingerprint density at radius 2 is 1.30 bits per heavy atom. The van der Waals surface area contributed by atoms with E-state index in [1.165, 1.54) is 44.9 Å². The Labute approximate surface area is 121 Å². The fourth-order valence-electron chi connectivity index (χ4n) is 2.82. The average Bonchev–Trinajstić information content (AvgIpc) is 2.42. The van der Waals surface area contributed by atoms with Crippen molar-refractivity contribution < 1.29 is 24.7 Å². The van der Waals surface area contributed by atoms with E-state index < -0.39 is 12.1 Å². The standard InChI is InChI=1S/C15H28O5/c16-14-10-13-17-19-15(20-18-14)11-8-6-4-2-1-3-5-7-9-12-15/h14,16H,1-13H2. The Bertz CT molecular complexity index is 247. The van der Waals surface area contributed by atoms with Crippen LogP contribution in [0.1, 0.15) is 77.0 Å². The number of rotatable bonds is 0. The van der Waals surface area contributed by atoms with Gasteiger partial charge < -0.3 is 5.11 Å². The van der Waals surface area contributed by atoms with Crippen LogP contribution in [0.3, 0.4) is 0 Å². The van der Waals surface area contributed by atoms with Crippen molar-refractivity contribution in [3.63, 3.8) is 0 Å². The molecule has 20 heavy (non-hydrogen) atoms. The zero-order valence-electron chi connectivity index (χ0n) is 12.3. The van der Waals surface area contributed by atoms with Gasteiger partial charge in [0, 0.05) is 19.3 Å². The van der Waals surface area contributed by atoms with E-state index in [1.54, 1.807) is 0 Å². The van der Waals surface area contributed by atoms with Crippen molar-refractivity contribution >= 4 is 0 Å². The fourth-order valence-corrected chi connectivity index (χ4v) is 2.82. The minimum absolute atomic E-state index is 0.326. The molecule has 1 unspecified atom stereocenters. The summed E-state index contributed by atoms with van der Waals surface area (Å²) >= 11 is 0. The molecule has 2 fully saturated rings. The van der Waals surface area contributed by atoms with Gasteiger partial charge in [-0.25, -0.2) is 9.78 Å². The third-order valence-corrected chi connectivity index (χ3v) is 4.09. The topological polar surface area (TPSA) is 57.2 Å². The van der Waals surface area contributed by atoms with Gasteiger partial charge in [-0.15, -0.1) is 0 Å². The summed E-state index contributed by atoms with van der Waals surface area (Å²) in [5.41, 5.74) is 0. The fraction of sp³-hybridized carbons (Fsp3) is 1.00. The smallest absolute Gasteiger partial charge is 0.234 e. The zero-order chi connectivity index (χ0) is 14.1. The molecular weight excluding hydrogens is 260 g/mol. The summed E-state index contributed by atoms with van der Waals surface area (Å²) in [6, 6.07) is 0. The van der Waals surface area contributed by atoms with Gasteiger partial charge in [-0.2, -0.15) is 9.78 Å². The Morgan fingerprint density at radius 3 is 1.90 bits per heavy atom. The second-order valence-corrected chi connectivity index (χ2v) is 5.92. The molecule has 2 rings (SSSR count). The van der Waals surface area contributed by atoms with Crippen molar-refractivity contribution in [3.05, 3.63) is 0 Å². The molecule has 1 heterocycles. The quantitative estimate of drug-likeness (QED) is 0.690. The lowest BCUT2D eigenvalue weighted by molar-refractivity contribution is -0.549. The molecule has 1 spiro atoms. The first-order chi connectivity index (χ1) is 9.81. The molecule has 118 valence electrons. The molecule has 1 N–H and O–H groups in total. The molecule has 5 heteroatoms. The zero-order valence-corrected chi connectivity index (χ0v) is 12.3. The van der Waals surface area contributed by atoms with Crippen LogP contribution in [0.15, 0.2) is 0 Å². The Morgan fingerprint density at radius 1 is 0.750 bits per heavy atom. The minimum Gasteiger partial charge on any atom is -0.366 e. The lowest BCUT2D eigenvalue weighted by Gasteiger charge is -2.33. The van der Waals surface area contributed by atoms with Crippen molar-refractivity contribution in [1.82, 2.24) is 0 Å². The maximum atomic E-state index is 9.55. The van der Waals surface area contributed by atoms with Crippen LogP contribution < -0.4 is 0 Å². The molecule has 1 aliphatic heterocycles. The first-order valence-corrected chi connectivity index (χ1v) is 8.14. The lowest BCUT2D eigenvalue weighted by Crippen LogP contribution is -2.40. The van der Waals surface area contributed by atoms with Crippen LogP contribution in [-0.2, 0) is 19.6 Å². The molecule has 1 atom stereocenters. The second-order valence-electron chi connectivity index (χ2n) is 5.92. The van der Waals surface area contributed by atoms with E-state index in [4.69, 9.17) is 19.6 Å². The molecule has 0 aromatic carbocycles. The van der Waals surface area contributed by atoms with E-state index in [0.29, 0.717) is 13.0 Å². The van der Waals surface area contributed by atoms with Gasteiger partial charge in [-0.05, 0) is 12.8 Å². The van der Waals surface area contributed by atoms with Crippen molar-refractivity contribution in [2.45, 2.75) is 89.1 Å². The maximum absolute atomic E-state index is 9.55. The van der Waals surface area contributed by atoms with Gasteiger partial charge in [-0.3, -0.25) is 0 Å². The molecule has 0 aromatic heterocycles. The molecule has 5 nitrogen and oxygen atoms in total. The Hall–Kier alpha value is -0.200. The summed E-state index contributed by atoms with van der Waals surface area (Å²) in [6.07, 6.45) is 11.9. The van der Waals surface area contributed by atoms with Crippen LogP contribution in [0.25, 0.3) is 0 Å². The lowest BCUT2D eigenvalue weighted by atomic mass is 9.97. The normalized spacial score (nSPS) is 30.8. The summed E-state index contributed by atoms with van der Waals surface area (Å²) in [4.78, 5) is 21.2. The molecule has 0 bridgehead atoms. The molecule has 1 aliphatic carbocycles. The highest BCUT2D eigenvalue weighted by atomic mass is 17.3. The minimum atomic E-state index is -0.933. The van der Waals surface area contributed by atoms with Crippen molar-refractivity contribution in [2.75, 3.05) is 6.61 Å². The number of aliphatic hydroxyl groups excluding tert-OH is 1. The molecule has 0 amide bonds. The van der Waals surface area contributed by atoms with Crippen LogP contribution in [0, 0.1) is 0 Å². The Balaban J connectivity index is 1.90. The number of hydrogen-bond donors (Lipinski definition) is 1. The van der Waals surface area contributed by atoms with Gasteiger partial charge in [0.1, 0.15) is 0 Å². The predicted molar refractivity (Wildman–Crippen MR) is 73.3 cm³/mol. The number of aliphatic hydroxyl groups is 1. The van der Waals surface area contributed by atoms with Gasteiger partial charge in [0.25, 0.3) is 0 Å². The largest absolute Gasteiger partial charge is 0.366 e. The average molecular weight is 288 g/mol. The van der Waals surface area contributed by atoms with Crippen molar-refractivity contribution in [1.29, 1.82) is 0 Å². The molecule has 0 radical (unpaired) electrons. The van der Waals surface area contributed by atoms with E-state index in [-0.39, 0.29) is 0 Å².